The summed E-state index contributed by atoms with van der Waals surface area (Å²) in [4.78, 5) is 15.4. The maximum atomic E-state index is 11.7. The molecule has 0 aliphatic carbocycles. The molecule has 18 heavy (non-hydrogen) atoms. The molecule has 0 N–H and O–H groups in total. The van der Waals surface area contributed by atoms with Crippen molar-refractivity contribution in [2.24, 2.45) is 0 Å². The zero-order chi connectivity index (χ0) is 14.8. The second-order valence-corrected chi connectivity index (χ2v) is 5.15. The summed E-state index contributed by atoms with van der Waals surface area (Å²) >= 11 is 0. The summed E-state index contributed by atoms with van der Waals surface area (Å²) in [7, 11) is 3.98. The fourth-order valence-corrected chi connectivity index (χ4v) is 1.03. The van der Waals surface area contributed by atoms with Gasteiger partial charge in [-0.3, -0.25) is 0 Å². The molecule has 0 aliphatic heterocycles. The van der Waals surface area contributed by atoms with Crippen molar-refractivity contribution < 1.29 is 9.53 Å². The fraction of sp³-hybridized carbons (Fsp3) is 0.786. The molecule has 0 aromatic rings. The maximum absolute atomic E-state index is 11.7. The van der Waals surface area contributed by atoms with E-state index in [1.165, 1.54) is 0 Å². The topological polar surface area (TPSA) is 32.8 Å². The lowest BCUT2D eigenvalue weighted by Gasteiger charge is -2.27. The highest BCUT2D eigenvalue weighted by atomic mass is 16.6. The van der Waals surface area contributed by atoms with Gasteiger partial charge in [-0.25, -0.2) is 4.79 Å². The molecule has 0 saturated heterocycles. The van der Waals surface area contributed by atoms with Crippen molar-refractivity contribution in [1.29, 1.82) is 0 Å². The minimum atomic E-state index is -0.414. The number of rotatable bonds is 4. The van der Waals surface area contributed by atoms with Gasteiger partial charge in [0.2, 0.25) is 0 Å². The predicted octanol–water partition coefficient (Wildman–Crippen LogP) is 2.44. The standard InChI is InChI=1S/C11H24N2O2.C3H4/c1-7-13(9-8-12(5)6)10(14)15-11(2,3)4;1-3-2/h7-9H2,1-6H3;1H,2H3. The molecular formula is C14H28N2O2. The van der Waals surface area contributed by atoms with Gasteiger partial charge in [-0.05, 0) is 48.7 Å². The molecule has 0 spiro atoms. The zero-order valence-electron chi connectivity index (χ0n) is 12.9. The van der Waals surface area contributed by atoms with Crippen LogP contribution in [0.15, 0.2) is 0 Å². The summed E-state index contributed by atoms with van der Waals surface area (Å²) in [5.74, 6) is 2.25. The van der Waals surface area contributed by atoms with E-state index < -0.39 is 5.60 Å². The van der Waals surface area contributed by atoms with E-state index in [9.17, 15) is 4.79 Å². The van der Waals surface area contributed by atoms with Gasteiger partial charge in [0.1, 0.15) is 5.60 Å². The molecule has 1 amide bonds. The van der Waals surface area contributed by atoms with Crippen LogP contribution in [0, 0.1) is 12.3 Å². The number of terminal acetylenes is 1. The van der Waals surface area contributed by atoms with Gasteiger partial charge in [0, 0.05) is 19.6 Å². The average Bonchev–Trinajstić information content (AvgIpc) is 2.16. The number of amides is 1. The van der Waals surface area contributed by atoms with Crippen LogP contribution in [0.2, 0.25) is 0 Å². The van der Waals surface area contributed by atoms with Crippen LogP contribution in [0.3, 0.4) is 0 Å². The third-order valence-corrected chi connectivity index (χ3v) is 1.85. The number of hydrogen-bond acceptors (Lipinski definition) is 3. The summed E-state index contributed by atoms with van der Waals surface area (Å²) in [6.07, 6.45) is 4.37. The van der Waals surface area contributed by atoms with E-state index in [0.29, 0.717) is 13.1 Å². The Balaban J connectivity index is 0. The second kappa shape index (κ2) is 9.78. The highest BCUT2D eigenvalue weighted by Crippen LogP contribution is 2.09. The summed E-state index contributed by atoms with van der Waals surface area (Å²) in [5, 5.41) is 0. The van der Waals surface area contributed by atoms with Crippen LogP contribution >= 0.6 is 0 Å². The molecule has 0 aliphatic rings. The van der Waals surface area contributed by atoms with Crippen molar-refractivity contribution in [3.8, 4) is 12.3 Å². The molecule has 0 aromatic heterocycles. The molecule has 0 aromatic carbocycles. The van der Waals surface area contributed by atoms with Gasteiger partial charge in [0.05, 0.1) is 0 Å². The van der Waals surface area contributed by atoms with Gasteiger partial charge < -0.3 is 14.5 Å². The van der Waals surface area contributed by atoms with E-state index in [2.05, 4.69) is 12.3 Å². The smallest absolute Gasteiger partial charge is 0.410 e. The van der Waals surface area contributed by atoms with Crippen molar-refractivity contribution in [2.75, 3.05) is 33.7 Å². The van der Waals surface area contributed by atoms with Crippen molar-refractivity contribution in [3.05, 3.63) is 0 Å². The van der Waals surface area contributed by atoms with Gasteiger partial charge in [0.25, 0.3) is 0 Å². The third kappa shape index (κ3) is 12.9. The molecule has 4 heteroatoms. The van der Waals surface area contributed by atoms with E-state index in [-0.39, 0.29) is 6.09 Å². The lowest BCUT2D eigenvalue weighted by Crippen LogP contribution is -2.40. The van der Waals surface area contributed by atoms with Crippen molar-refractivity contribution in [2.45, 2.75) is 40.2 Å². The molecule has 0 atom stereocenters. The Kier molecular flexibility index (Phi) is 10.4. The quantitative estimate of drug-likeness (QED) is 0.724. The van der Waals surface area contributed by atoms with Crippen molar-refractivity contribution >= 4 is 6.09 Å². The van der Waals surface area contributed by atoms with Crippen LogP contribution in [0.1, 0.15) is 34.6 Å². The Morgan fingerprint density at radius 3 is 2.00 bits per heavy atom. The van der Waals surface area contributed by atoms with Gasteiger partial charge in [-0.2, -0.15) is 0 Å². The van der Waals surface area contributed by atoms with Crippen LogP contribution < -0.4 is 0 Å². The number of carbonyl (C=O) groups excluding carboxylic acids is 1. The van der Waals surface area contributed by atoms with Crippen LogP contribution in [-0.4, -0.2) is 55.2 Å². The van der Waals surface area contributed by atoms with Crippen LogP contribution in [-0.2, 0) is 4.74 Å². The largest absolute Gasteiger partial charge is 0.444 e. The first-order chi connectivity index (χ1) is 8.17. The molecule has 0 heterocycles. The van der Waals surface area contributed by atoms with Gasteiger partial charge in [-0.15, -0.1) is 12.3 Å². The first kappa shape index (κ1) is 19.1. The number of likely N-dealkylation sites (N-methyl/N-ethyl adjacent to an activating group) is 2. The van der Waals surface area contributed by atoms with E-state index in [0.717, 1.165) is 6.54 Å². The van der Waals surface area contributed by atoms with Gasteiger partial charge in [0.15, 0.2) is 0 Å². The van der Waals surface area contributed by atoms with E-state index in [1.807, 2.05) is 46.7 Å². The van der Waals surface area contributed by atoms with Gasteiger partial charge in [-0.1, -0.05) is 0 Å². The van der Waals surface area contributed by atoms with Gasteiger partial charge >= 0.3 is 6.09 Å². The molecule has 0 rings (SSSR count). The first-order valence-electron chi connectivity index (χ1n) is 6.17. The minimum Gasteiger partial charge on any atom is -0.444 e. The third-order valence-electron chi connectivity index (χ3n) is 1.85. The summed E-state index contributed by atoms with van der Waals surface area (Å²) < 4.78 is 5.29. The minimum absolute atomic E-state index is 0.230. The average molecular weight is 256 g/mol. The zero-order valence-corrected chi connectivity index (χ0v) is 12.9. The Bertz CT molecular complexity index is 262. The highest BCUT2D eigenvalue weighted by Gasteiger charge is 2.20. The Morgan fingerprint density at radius 2 is 1.72 bits per heavy atom. The highest BCUT2D eigenvalue weighted by molar-refractivity contribution is 5.68. The maximum Gasteiger partial charge on any atom is 0.410 e. The molecule has 4 nitrogen and oxygen atoms in total. The van der Waals surface area contributed by atoms with Crippen LogP contribution in [0.4, 0.5) is 4.79 Å². The molecule has 0 radical (unpaired) electrons. The fourth-order valence-electron chi connectivity index (χ4n) is 1.03. The number of ether oxygens (including phenoxy) is 1. The molecular weight excluding hydrogens is 228 g/mol. The summed E-state index contributed by atoms with van der Waals surface area (Å²) in [5.41, 5.74) is -0.414. The summed E-state index contributed by atoms with van der Waals surface area (Å²) in [6.45, 7) is 11.5. The van der Waals surface area contributed by atoms with Crippen molar-refractivity contribution in [3.63, 3.8) is 0 Å². The van der Waals surface area contributed by atoms with E-state index in [4.69, 9.17) is 4.74 Å². The number of nitrogens with zero attached hydrogens (tertiary/aromatic N) is 2. The molecule has 106 valence electrons. The lowest BCUT2D eigenvalue weighted by molar-refractivity contribution is 0.0251. The monoisotopic (exact) mass is 256 g/mol. The van der Waals surface area contributed by atoms with Crippen LogP contribution in [0.5, 0.6) is 0 Å². The molecule has 0 fully saturated rings. The normalized spacial score (nSPS) is 10.2. The summed E-state index contributed by atoms with van der Waals surface area (Å²) in [6, 6.07) is 0. The SMILES string of the molecule is C#CC.CCN(CCN(C)C)C(=O)OC(C)(C)C. The number of hydrogen-bond donors (Lipinski definition) is 0. The van der Waals surface area contributed by atoms with E-state index in [1.54, 1.807) is 11.8 Å². The lowest BCUT2D eigenvalue weighted by atomic mass is 10.2. The second-order valence-electron chi connectivity index (χ2n) is 5.15. The Morgan fingerprint density at radius 1 is 1.28 bits per heavy atom. The molecule has 0 bridgehead atoms. The van der Waals surface area contributed by atoms with E-state index >= 15 is 0 Å². The predicted molar refractivity (Wildman–Crippen MR) is 76.5 cm³/mol. The first-order valence-corrected chi connectivity index (χ1v) is 6.17. The molecule has 0 unspecified atom stereocenters. The van der Waals surface area contributed by atoms with Crippen LogP contribution in [0.25, 0.3) is 0 Å². The van der Waals surface area contributed by atoms with Crippen molar-refractivity contribution in [1.82, 2.24) is 9.80 Å². The number of carbonyl (C=O) groups is 1. The Hall–Kier alpha value is -1.21. The Labute approximate surface area is 112 Å². The molecule has 0 saturated carbocycles.